The number of halogens is 2. The standard InChI is InChI=1S/C16H17F2N3O/c1-20-13(8-9-19-20)14-7-2-3-10-21(14)16(22)11-5-4-6-12(17)15(11)18/h4-6,8-9,14H,2-3,7,10H2,1H3. The Balaban J connectivity index is 1.95. The lowest BCUT2D eigenvalue weighted by atomic mass is 9.98. The van der Waals surface area contributed by atoms with Gasteiger partial charge in [-0.15, -0.1) is 0 Å². The van der Waals surface area contributed by atoms with Crippen molar-refractivity contribution in [3.63, 3.8) is 0 Å². The van der Waals surface area contributed by atoms with E-state index in [0.29, 0.717) is 6.54 Å². The highest BCUT2D eigenvalue weighted by molar-refractivity contribution is 5.94. The molecule has 1 aliphatic heterocycles. The van der Waals surface area contributed by atoms with Gasteiger partial charge in [0.2, 0.25) is 0 Å². The number of carbonyl (C=O) groups is 1. The molecule has 1 amide bonds. The molecule has 0 bridgehead atoms. The molecule has 1 aliphatic rings. The van der Waals surface area contributed by atoms with E-state index in [1.165, 1.54) is 12.1 Å². The molecule has 116 valence electrons. The van der Waals surface area contributed by atoms with Crippen LogP contribution in [0.15, 0.2) is 30.5 Å². The fourth-order valence-corrected chi connectivity index (χ4v) is 3.02. The van der Waals surface area contributed by atoms with Crippen LogP contribution >= 0.6 is 0 Å². The molecule has 4 nitrogen and oxygen atoms in total. The highest BCUT2D eigenvalue weighted by Gasteiger charge is 2.31. The molecule has 1 unspecified atom stereocenters. The Bertz CT molecular complexity index is 698. The number of aryl methyl sites for hydroxylation is 1. The second-order valence-electron chi connectivity index (χ2n) is 5.49. The number of likely N-dealkylation sites (tertiary alicyclic amines) is 1. The van der Waals surface area contributed by atoms with Crippen molar-refractivity contribution in [3.8, 4) is 0 Å². The number of amides is 1. The van der Waals surface area contributed by atoms with Crippen molar-refractivity contribution >= 4 is 5.91 Å². The summed E-state index contributed by atoms with van der Waals surface area (Å²) in [6.45, 7) is 0.532. The van der Waals surface area contributed by atoms with Gasteiger partial charge >= 0.3 is 0 Å². The van der Waals surface area contributed by atoms with E-state index in [-0.39, 0.29) is 11.6 Å². The Kier molecular flexibility index (Phi) is 3.92. The lowest BCUT2D eigenvalue weighted by Crippen LogP contribution is -2.39. The predicted molar refractivity (Wildman–Crippen MR) is 77.2 cm³/mol. The normalized spacial score (nSPS) is 18.5. The SMILES string of the molecule is Cn1nccc1C1CCCCN1C(=O)c1cccc(F)c1F. The van der Waals surface area contributed by atoms with Gasteiger partial charge < -0.3 is 4.90 Å². The van der Waals surface area contributed by atoms with E-state index >= 15 is 0 Å². The molecule has 0 aliphatic carbocycles. The molecule has 2 aromatic rings. The molecule has 22 heavy (non-hydrogen) atoms. The van der Waals surface area contributed by atoms with Crippen molar-refractivity contribution in [1.82, 2.24) is 14.7 Å². The number of nitrogens with zero attached hydrogens (tertiary/aromatic N) is 3. The molecule has 0 spiro atoms. The zero-order chi connectivity index (χ0) is 15.7. The number of rotatable bonds is 2. The molecule has 1 saturated heterocycles. The smallest absolute Gasteiger partial charge is 0.257 e. The number of piperidine rings is 1. The zero-order valence-corrected chi connectivity index (χ0v) is 12.3. The lowest BCUT2D eigenvalue weighted by molar-refractivity contribution is 0.0595. The molecule has 1 aromatic carbocycles. The predicted octanol–water partition coefficient (Wildman–Crippen LogP) is 3.07. The maximum absolute atomic E-state index is 13.9. The second-order valence-corrected chi connectivity index (χ2v) is 5.49. The Labute approximate surface area is 127 Å². The van der Waals surface area contributed by atoms with Gasteiger partial charge in [-0.3, -0.25) is 9.48 Å². The Morgan fingerprint density at radius 3 is 2.82 bits per heavy atom. The second kappa shape index (κ2) is 5.87. The van der Waals surface area contributed by atoms with Crippen molar-refractivity contribution < 1.29 is 13.6 Å². The van der Waals surface area contributed by atoms with Gasteiger partial charge in [0.25, 0.3) is 5.91 Å². The average Bonchev–Trinajstić information content (AvgIpc) is 2.95. The first-order chi connectivity index (χ1) is 10.6. The number of carbonyl (C=O) groups excluding carboxylic acids is 1. The number of hydrogen-bond donors (Lipinski definition) is 0. The van der Waals surface area contributed by atoms with Crippen LogP contribution in [0, 0.1) is 11.6 Å². The van der Waals surface area contributed by atoms with E-state index in [2.05, 4.69) is 5.10 Å². The van der Waals surface area contributed by atoms with Crippen molar-refractivity contribution in [2.45, 2.75) is 25.3 Å². The van der Waals surface area contributed by atoms with Crippen LogP contribution in [0.2, 0.25) is 0 Å². The van der Waals surface area contributed by atoms with E-state index in [0.717, 1.165) is 31.0 Å². The Morgan fingerprint density at radius 2 is 2.09 bits per heavy atom. The largest absolute Gasteiger partial charge is 0.330 e. The van der Waals surface area contributed by atoms with Crippen LogP contribution in [0.4, 0.5) is 8.78 Å². The molecule has 1 fully saturated rings. The number of benzene rings is 1. The van der Waals surface area contributed by atoms with E-state index in [1.807, 2.05) is 13.1 Å². The fourth-order valence-electron chi connectivity index (χ4n) is 3.02. The Hall–Kier alpha value is -2.24. The summed E-state index contributed by atoms with van der Waals surface area (Å²) >= 11 is 0. The first-order valence-electron chi connectivity index (χ1n) is 7.32. The van der Waals surface area contributed by atoms with Crippen LogP contribution in [0.3, 0.4) is 0 Å². The summed E-state index contributed by atoms with van der Waals surface area (Å²) < 4.78 is 29.0. The molecule has 1 aromatic heterocycles. The molecule has 0 N–H and O–H groups in total. The van der Waals surface area contributed by atoms with E-state index in [4.69, 9.17) is 0 Å². The molecule has 0 saturated carbocycles. The zero-order valence-electron chi connectivity index (χ0n) is 12.3. The molecule has 3 rings (SSSR count). The summed E-state index contributed by atoms with van der Waals surface area (Å²) in [7, 11) is 1.81. The van der Waals surface area contributed by atoms with E-state index < -0.39 is 17.5 Å². The van der Waals surface area contributed by atoms with Gasteiger partial charge in [0.1, 0.15) is 0 Å². The first kappa shape index (κ1) is 14.7. The van der Waals surface area contributed by atoms with E-state index in [9.17, 15) is 13.6 Å². The fraction of sp³-hybridized carbons (Fsp3) is 0.375. The minimum atomic E-state index is -1.08. The minimum absolute atomic E-state index is 0.156. The van der Waals surface area contributed by atoms with Crippen LogP contribution in [0.25, 0.3) is 0 Å². The maximum Gasteiger partial charge on any atom is 0.257 e. The van der Waals surface area contributed by atoms with Crippen molar-refractivity contribution in [1.29, 1.82) is 0 Å². The summed E-state index contributed by atoms with van der Waals surface area (Å²) in [4.78, 5) is 14.3. The van der Waals surface area contributed by atoms with Gasteiger partial charge in [-0.2, -0.15) is 5.10 Å². The van der Waals surface area contributed by atoms with Crippen molar-refractivity contribution in [2.24, 2.45) is 7.05 Å². The molecule has 1 atom stereocenters. The van der Waals surface area contributed by atoms with Crippen molar-refractivity contribution in [2.75, 3.05) is 6.54 Å². The number of aromatic nitrogens is 2. The maximum atomic E-state index is 13.9. The van der Waals surface area contributed by atoms with Crippen LogP contribution in [-0.2, 0) is 7.05 Å². The van der Waals surface area contributed by atoms with E-state index in [1.54, 1.807) is 15.8 Å². The third kappa shape index (κ3) is 2.49. The quantitative estimate of drug-likeness (QED) is 0.855. The van der Waals surface area contributed by atoms with Crippen LogP contribution in [0.5, 0.6) is 0 Å². The monoisotopic (exact) mass is 305 g/mol. The van der Waals surface area contributed by atoms with Gasteiger partial charge in [-0.05, 0) is 37.5 Å². The lowest BCUT2D eigenvalue weighted by Gasteiger charge is -2.35. The molecule has 6 heteroatoms. The number of hydrogen-bond acceptors (Lipinski definition) is 2. The topological polar surface area (TPSA) is 38.1 Å². The average molecular weight is 305 g/mol. The molecule has 2 heterocycles. The van der Waals surface area contributed by atoms with Gasteiger partial charge in [0.05, 0.1) is 17.3 Å². The van der Waals surface area contributed by atoms with Gasteiger partial charge in [0, 0.05) is 19.8 Å². The summed E-state index contributed by atoms with van der Waals surface area (Å²) in [5.41, 5.74) is 0.693. The third-order valence-corrected chi connectivity index (χ3v) is 4.15. The minimum Gasteiger partial charge on any atom is -0.330 e. The van der Waals surface area contributed by atoms with Gasteiger partial charge in [0.15, 0.2) is 11.6 Å². The third-order valence-electron chi connectivity index (χ3n) is 4.15. The van der Waals surface area contributed by atoms with Crippen LogP contribution < -0.4 is 0 Å². The summed E-state index contributed by atoms with van der Waals surface area (Å²) in [6, 6.07) is 5.40. The van der Waals surface area contributed by atoms with Crippen molar-refractivity contribution in [3.05, 3.63) is 53.4 Å². The highest BCUT2D eigenvalue weighted by atomic mass is 19.2. The highest BCUT2D eigenvalue weighted by Crippen LogP contribution is 2.32. The Morgan fingerprint density at radius 1 is 1.27 bits per heavy atom. The molecular weight excluding hydrogens is 288 g/mol. The summed E-state index contributed by atoms with van der Waals surface area (Å²) in [5.74, 6) is -2.55. The molecule has 0 radical (unpaired) electrons. The summed E-state index contributed by atoms with van der Waals surface area (Å²) in [5, 5.41) is 4.13. The summed E-state index contributed by atoms with van der Waals surface area (Å²) in [6.07, 6.45) is 4.32. The molecular formula is C16H17F2N3O. The van der Waals surface area contributed by atoms with Crippen LogP contribution in [-0.4, -0.2) is 27.1 Å². The van der Waals surface area contributed by atoms with Crippen LogP contribution in [0.1, 0.15) is 41.4 Å². The van der Waals surface area contributed by atoms with Gasteiger partial charge in [-0.1, -0.05) is 6.07 Å². The first-order valence-corrected chi connectivity index (χ1v) is 7.32. The van der Waals surface area contributed by atoms with Gasteiger partial charge in [-0.25, -0.2) is 8.78 Å².